The molecule has 8 heteroatoms. The number of ether oxygens (including phenoxy) is 3. The fourth-order valence-electron chi connectivity index (χ4n) is 2.56. The average molecular weight is 363 g/mol. The largest absolute Gasteiger partial charge is 0.497 e. The van der Waals surface area contributed by atoms with Crippen LogP contribution in [0.1, 0.15) is 0 Å². The van der Waals surface area contributed by atoms with Gasteiger partial charge in [0.15, 0.2) is 0 Å². The van der Waals surface area contributed by atoms with Crippen LogP contribution < -0.4 is 13.8 Å². The third kappa shape index (κ3) is 3.12. The van der Waals surface area contributed by atoms with Crippen LogP contribution >= 0.6 is 0 Å². The highest BCUT2D eigenvalue weighted by Gasteiger charge is 2.37. The van der Waals surface area contributed by atoms with Gasteiger partial charge in [0.25, 0.3) is 10.0 Å². The SMILES string of the molecule is COC(=O)C1CN(S(=O)(=O)c2ccc(OC)cc2)c2ccccc2O1. The molecule has 0 aliphatic carbocycles. The Hall–Kier alpha value is -2.74. The van der Waals surface area contributed by atoms with E-state index in [1.807, 2.05) is 0 Å². The Morgan fingerprint density at radius 3 is 2.44 bits per heavy atom. The molecule has 1 aliphatic heterocycles. The van der Waals surface area contributed by atoms with Gasteiger partial charge in [-0.2, -0.15) is 0 Å². The second-order valence-electron chi connectivity index (χ2n) is 5.31. The predicted octanol–water partition coefficient (Wildman–Crippen LogP) is 1.82. The van der Waals surface area contributed by atoms with Gasteiger partial charge < -0.3 is 14.2 Å². The van der Waals surface area contributed by atoms with Crippen LogP contribution in [0.15, 0.2) is 53.4 Å². The number of carbonyl (C=O) groups is 1. The molecule has 1 aliphatic rings. The summed E-state index contributed by atoms with van der Waals surface area (Å²) in [6, 6.07) is 12.7. The Labute approximate surface area is 145 Å². The van der Waals surface area contributed by atoms with Crippen molar-refractivity contribution < 1.29 is 27.4 Å². The first-order valence-electron chi connectivity index (χ1n) is 7.47. The molecular weight excluding hydrogens is 346 g/mol. The maximum atomic E-state index is 13.1. The van der Waals surface area contributed by atoms with Crippen LogP contribution in [0.5, 0.6) is 11.5 Å². The molecule has 132 valence electrons. The van der Waals surface area contributed by atoms with Gasteiger partial charge in [0.1, 0.15) is 11.5 Å². The van der Waals surface area contributed by atoms with Crippen molar-refractivity contribution in [2.75, 3.05) is 25.1 Å². The van der Waals surface area contributed by atoms with Crippen LogP contribution in [-0.2, 0) is 19.6 Å². The lowest BCUT2D eigenvalue weighted by Gasteiger charge is -2.34. The summed E-state index contributed by atoms with van der Waals surface area (Å²) in [6.07, 6.45) is -1.03. The first-order chi connectivity index (χ1) is 12.0. The number of carbonyl (C=O) groups excluding carboxylic acids is 1. The van der Waals surface area contributed by atoms with Crippen LogP contribution in [-0.4, -0.2) is 41.3 Å². The normalized spacial score (nSPS) is 16.6. The molecule has 7 nitrogen and oxygen atoms in total. The minimum absolute atomic E-state index is 0.0913. The fraction of sp³-hybridized carbons (Fsp3) is 0.235. The lowest BCUT2D eigenvalue weighted by atomic mass is 10.2. The molecule has 0 saturated heterocycles. The highest BCUT2D eigenvalue weighted by atomic mass is 32.2. The number of para-hydroxylation sites is 2. The van der Waals surface area contributed by atoms with E-state index in [-0.39, 0.29) is 11.4 Å². The van der Waals surface area contributed by atoms with Crippen LogP contribution in [0.3, 0.4) is 0 Å². The topological polar surface area (TPSA) is 82.1 Å². The summed E-state index contributed by atoms with van der Waals surface area (Å²) in [7, 11) is -1.15. The van der Waals surface area contributed by atoms with Crippen molar-refractivity contribution in [3.63, 3.8) is 0 Å². The van der Waals surface area contributed by atoms with Crippen molar-refractivity contribution in [1.29, 1.82) is 0 Å². The van der Waals surface area contributed by atoms with Gasteiger partial charge in [-0.15, -0.1) is 0 Å². The molecule has 0 spiro atoms. The van der Waals surface area contributed by atoms with Crippen molar-refractivity contribution in [3.8, 4) is 11.5 Å². The maximum Gasteiger partial charge on any atom is 0.348 e. The van der Waals surface area contributed by atoms with E-state index in [2.05, 4.69) is 0 Å². The first kappa shape index (κ1) is 17.1. The van der Waals surface area contributed by atoms with Gasteiger partial charge in [-0.05, 0) is 36.4 Å². The van der Waals surface area contributed by atoms with E-state index in [4.69, 9.17) is 14.2 Å². The predicted molar refractivity (Wildman–Crippen MR) is 90.4 cm³/mol. The molecule has 0 bridgehead atoms. The smallest absolute Gasteiger partial charge is 0.348 e. The molecule has 25 heavy (non-hydrogen) atoms. The molecule has 1 atom stereocenters. The third-order valence-electron chi connectivity index (χ3n) is 3.85. The van der Waals surface area contributed by atoms with Gasteiger partial charge in [-0.25, -0.2) is 13.2 Å². The Balaban J connectivity index is 2.05. The van der Waals surface area contributed by atoms with Crippen LogP contribution in [0.4, 0.5) is 5.69 Å². The second kappa shape index (κ2) is 6.64. The number of rotatable bonds is 4. The molecular formula is C17H17NO6S. The number of methoxy groups -OCH3 is 2. The number of anilines is 1. The zero-order chi connectivity index (χ0) is 18.0. The Morgan fingerprint density at radius 2 is 1.80 bits per heavy atom. The fourth-order valence-corrected chi connectivity index (χ4v) is 4.03. The number of fused-ring (bicyclic) bond motifs is 1. The minimum atomic E-state index is -3.89. The van der Waals surface area contributed by atoms with Crippen molar-refractivity contribution in [2.45, 2.75) is 11.0 Å². The van der Waals surface area contributed by atoms with Gasteiger partial charge in [-0.3, -0.25) is 4.31 Å². The molecule has 0 N–H and O–H groups in total. The number of hydrogen-bond donors (Lipinski definition) is 0. The molecule has 2 aromatic carbocycles. The minimum Gasteiger partial charge on any atom is -0.497 e. The number of esters is 1. The zero-order valence-electron chi connectivity index (χ0n) is 13.7. The van der Waals surface area contributed by atoms with E-state index in [0.29, 0.717) is 17.2 Å². The van der Waals surface area contributed by atoms with E-state index in [1.165, 1.54) is 26.4 Å². The highest BCUT2D eigenvalue weighted by molar-refractivity contribution is 7.92. The summed E-state index contributed by atoms with van der Waals surface area (Å²) in [6.45, 7) is -0.169. The third-order valence-corrected chi connectivity index (χ3v) is 5.64. The van der Waals surface area contributed by atoms with E-state index in [9.17, 15) is 13.2 Å². The van der Waals surface area contributed by atoms with Gasteiger partial charge in [0.2, 0.25) is 6.10 Å². The molecule has 1 unspecified atom stereocenters. The van der Waals surface area contributed by atoms with Crippen LogP contribution in [0.25, 0.3) is 0 Å². The standard InChI is InChI=1S/C17H17NO6S/c1-22-12-7-9-13(10-8-12)25(20,21)18-11-16(17(19)23-2)24-15-6-4-3-5-14(15)18/h3-10,16H,11H2,1-2H3. The Morgan fingerprint density at radius 1 is 1.12 bits per heavy atom. The van der Waals surface area contributed by atoms with Gasteiger partial charge in [0.05, 0.1) is 31.3 Å². The van der Waals surface area contributed by atoms with Crippen LogP contribution in [0.2, 0.25) is 0 Å². The van der Waals surface area contributed by atoms with E-state index in [1.54, 1.807) is 36.4 Å². The van der Waals surface area contributed by atoms with E-state index < -0.39 is 22.1 Å². The summed E-state index contributed by atoms with van der Waals surface area (Å²) >= 11 is 0. The van der Waals surface area contributed by atoms with Gasteiger partial charge >= 0.3 is 5.97 Å². The quantitative estimate of drug-likeness (QED) is 0.771. The van der Waals surface area contributed by atoms with Gasteiger partial charge in [-0.1, -0.05) is 12.1 Å². The number of sulfonamides is 1. The summed E-state index contributed by atoms with van der Waals surface area (Å²) in [4.78, 5) is 12.0. The highest BCUT2D eigenvalue weighted by Crippen LogP contribution is 2.37. The lowest BCUT2D eigenvalue weighted by molar-refractivity contribution is -0.148. The Bertz CT molecular complexity index is 878. The summed E-state index contributed by atoms with van der Waals surface area (Å²) in [5.74, 6) is 0.222. The van der Waals surface area contributed by atoms with E-state index in [0.717, 1.165) is 4.31 Å². The van der Waals surface area contributed by atoms with Crippen molar-refractivity contribution in [1.82, 2.24) is 0 Å². The number of nitrogens with zero attached hydrogens (tertiary/aromatic N) is 1. The second-order valence-corrected chi connectivity index (χ2v) is 7.17. The monoisotopic (exact) mass is 363 g/mol. The molecule has 0 fully saturated rings. The van der Waals surface area contributed by atoms with Crippen molar-refractivity contribution in [2.24, 2.45) is 0 Å². The molecule has 2 aromatic rings. The number of hydrogen-bond acceptors (Lipinski definition) is 6. The number of benzene rings is 2. The Kier molecular flexibility index (Phi) is 4.54. The molecule has 1 heterocycles. The molecule has 0 aromatic heterocycles. The van der Waals surface area contributed by atoms with Crippen molar-refractivity contribution >= 4 is 21.7 Å². The van der Waals surface area contributed by atoms with E-state index >= 15 is 0 Å². The summed E-state index contributed by atoms with van der Waals surface area (Å²) in [5.41, 5.74) is 0.374. The zero-order valence-corrected chi connectivity index (χ0v) is 14.5. The molecule has 0 radical (unpaired) electrons. The van der Waals surface area contributed by atoms with Gasteiger partial charge in [0, 0.05) is 0 Å². The first-order valence-corrected chi connectivity index (χ1v) is 8.91. The maximum absolute atomic E-state index is 13.1. The summed E-state index contributed by atoms with van der Waals surface area (Å²) in [5, 5.41) is 0. The van der Waals surface area contributed by atoms with Crippen LogP contribution in [0, 0.1) is 0 Å². The average Bonchev–Trinajstić information content (AvgIpc) is 2.66. The lowest BCUT2D eigenvalue weighted by Crippen LogP contribution is -2.47. The molecule has 0 saturated carbocycles. The summed E-state index contributed by atoms with van der Waals surface area (Å²) < 4.78 is 42.7. The molecule has 0 amide bonds. The molecule has 3 rings (SSSR count). The van der Waals surface area contributed by atoms with Crippen molar-refractivity contribution in [3.05, 3.63) is 48.5 Å².